The third-order valence-electron chi connectivity index (χ3n) is 4.50. The maximum absolute atomic E-state index is 4.56. The van der Waals surface area contributed by atoms with Crippen molar-refractivity contribution < 1.29 is 0 Å². The van der Waals surface area contributed by atoms with Crippen molar-refractivity contribution in [2.24, 2.45) is 0 Å². The Morgan fingerprint density at radius 2 is 1.81 bits per heavy atom. The Labute approximate surface area is 168 Å². The van der Waals surface area contributed by atoms with E-state index in [0.717, 1.165) is 44.7 Å². The molecule has 0 aliphatic carbocycles. The molecule has 0 fully saturated rings. The van der Waals surface area contributed by atoms with Gasteiger partial charge in [0.15, 0.2) is 0 Å². The van der Waals surface area contributed by atoms with E-state index < -0.39 is 0 Å². The quantitative estimate of drug-likeness (QED) is 0.783. The minimum atomic E-state index is 0. The van der Waals surface area contributed by atoms with Crippen LogP contribution in [0.5, 0.6) is 0 Å². The summed E-state index contributed by atoms with van der Waals surface area (Å²) in [5.41, 5.74) is 3.75. The molecule has 1 atom stereocenters. The molecule has 0 saturated heterocycles. The first-order chi connectivity index (χ1) is 11.7. The smallest absolute Gasteiger partial charge is 0.133 e. The molecule has 1 unspecified atom stereocenters. The maximum atomic E-state index is 4.56. The molecule has 26 heavy (non-hydrogen) atoms. The number of nitrogens with one attached hydrogen (secondary N) is 2. The van der Waals surface area contributed by atoms with Crippen LogP contribution in [0, 0.1) is 0 Å². The van der Waals surface area contributed by atoms with E-state index in [-0.39, 0.29) is 30.9 Å². The van der Waals surface area contributed by atoms with Gasteiger partial charge in [0.05, 0.1) is 11.7 Å². The van der Waals surface area contributed by atoms with E-state index in [1.165, 1.54) is 16.8 Å². The van der Waals surface area contributed by atoms with E-state index in [1.807, 2.05) is 0 Å². The topological polar surface area (TPSA) is 53.1 Å². The van der Waals surface area contributed by atoms with Crippen LogP contribution >= 0.6 is 24.8 Å². The number of fused-ring (bicyclic) bond motifs is 1. The molecular formula is C19H29Cl2N5. The molecule has 3 rings (SSSR count). The molecule has 7 heteroatoms. The van der Waals surface area contributed by atoms with Gasteiger partial charge in [-0.25, -0.2) is 9.97 Å². The molecule has 0 saturated carbocycles. The highest BCUT2D eigenvalue weighted by Gasteiger charge is 2.18. The highest BCUT2D eigenvalue weighted by Crippen LogP contribution is 2.26. The predicted octanol–water partition coefficient (Wildman–Crippen LogP) is 3.11. The fourth-order valence-electron chi connectivity index (χ4n) is 3.16. The van der Waals surface area contributed by atoms with Crippen molar-refractivity contribution in [3.63, 3.8) is 0 Å². The standard InChI is InChI=1S/C19H27N5.2ClH/c1-24(2)13-10-17(15-6-4-3-5-7-15)23-19-16-8-11-20-12-9-18(16)21-14-22-19;;/h3-7,14,17,20H,8-13H2,1-2H3,(H,21,22,23);2*1H. The van der Waals surface area contributed by atoms with Crippen LogP contribution in [0.15, 0.2) is 36.7 Å². The van der Waals surface area contributed by atoms with Crippen molar-refractivity contribution in [1.29, 1.82) is 0 Å². The van der Waals surface area contributed by atoms with E-state index in [0.29, 0.717) is 0 Å². The van der Waals surface area contributed by atoms with Crippen molar-refractivity contribution >= 4 is 30.6 Å². The Kier molecular flexibility index (Phi) is 9.88. The van der Waals surface area contributed by atoms with Crippen LogP contribution in [-0.2, 0) is 12.8 Å². The summed E-state index contributed by atoms with van der Waals surface area (Å²) in [6, 6.07) is 10.9. The van der Waals surface area contributed by atoms with Crippen molar-refractivity contribution in [1.82, 2.24) is 20.2 Å². The van der Waals surface area contributed by atoms with E-state index in [2.05, 4.69) is 69.9 Å². The normalized spacial score (nSPS) is 14.4. The van der Waals surface area contributed by atoms with Crippen molar-refractivity contribution in [2.45, 2.75) is 25.3 Å². The van der Waals surface area contributed by atoms with Crippen LogP contribution in [0.1, 0.15) is 29.3 Å². The molecule has 0 spiro atoms. The van der Waals surface area contributed by atoms with Gasteiger partial charge >= 0.3 is 0 Å². The lowest BCUT2D eigenvalue weighted by molar-refractivity contribution is 0.387. The monoisotopic (exact) mass is 397 g/mol. The van der Waals surface area contributed by atoms with Crippen LogP contribution in [-0.4, -0.2) is 48.6 Å². The molecule has 144 valence electrons. The zero-order chi connectivity index (χ0) is 16.8. The minimum Gasteiger partial charge on any atom is -0.363 e. The number of rotatable bonds is 6. The molecule has 1 aliphatic heterocycles. The summed E-state index contributed by atoms with van der Waals surface area (Å²) in [6.45, 7) is 3.01. The Balaban J connectivity index is 0.00000169. The van der Waals surface area contributed by atoms with Crippen molar-refractivity contribution in [3.05, 3.63) is 53.5 Å². The van der Waals surface area contributed by atoms with Crippen LogP contribution in [0.2, 0.25) is 0 Å². The fraction of sp³-hybridized carbons (Fsp3) is 0.474. The van der Waals surface area contributed by atoms with E-state index in [4.69, 9.17) is 0 Å². The van der Waals surface area contributed by atoms with Gasteiger partial charge in [-0.2, -0.15) is 0 Å². The lowest BCUT2D eigenvalue weighted by Gasteiger charge is -2.23. The van der Waals surface area contributed by atoms with Gasteiger partial charge in [-0.3, -0.25) is 0 Å². The number of halogens is 2. The lowest BCUT2D eigenvalue weighted by Crippen LogP contribution is -2.21. The SMILES string of the molecule is CN(C)CCC(Nc1ncnc2c1CCNCC2)c1ccccc1.Cl.Cl. The number of benzene rings is 1. The van der Waals surface area contributed by atoms with Crippen LogP contribution in [0.3, 0.4) is 0 Å². The highest BCUT2D eigenvalue weighted by molar-refractivity contribution is 5.85. The van der Waals surface area contributed by atoms with E-state index >= 15 is 0 Å². The largest absolute Gasteiger partial charge is 0.363 e. The first-order valence-electron chi connectivity index (χ1n) is 8.73. The van der Waals surface area contributed by atoms with Gasteiger partial charge in [0, 0.05) is 18.5 Å². The molecule has 0 amide bonds. The fourth-order valence-corrected chi connectivity index (χ4v) is 3.16. The van der Waals surface area contributed by atoms with Crippen LogP contribution in [0.4, 0.5) is 5.82 Å². The molecule has 5 nitrogen and oxygen atoms in total. The first-order valence-corrected chi connectivity index (χ1v) is 8.73. The number of nitrogens with zero attached hydrogens (tertiary/aromatic N) is 3. The number of aromatic nitrogens is 2. The number of hydrogen-bond donors (Lipinski definition) is 2. The Morgan fingerprint density at radius 3 is 2.54 bits per heavy atom. The molecule has 0 bridgehead atoms. The number of hydrogen-bond acceptors (Lipinski definition) is 5. The second-order valence-corrected chi connectivity index (χ2v) is 6.60. The minimum absolute atomic E-state index is 0. The molecule has 1 aromatic carbocycles. The summed E-state index contributed by atoms with van der Waals surface area (Å²) in [5, 5.41) is 7.15. The Morgan fingerprint density at radius 1 is 1.08 bits per heavy atom. The zero-order valence-electron chi connectivity index (χ0n) is 15.4. The summed E-state index contributed by atoms with van der Waals surface area (Å²) < 4.78 is 0. The summed E-state index contributed by atoms with van der Waals surface area (Å²) in [5.74, 6) is 0.997. The predicted molar refractivity (Wildman–Crippen MR) is 113 cm³/mol. The molecular weight excluding hydrogens is 369 g/mol. The molecule has 2 N–H and O–H groups in total. The van der Waals surface area contributed by atoms with Gasteiger partial charge in [-0.1, -0.05) is 30.3 Å². The van der Waals surface area contributed by atoms with Gasteiger partial charge in [-0.15, -0.1) is 24.8 Å². The van der Waals surface area contributed by atoms with Gasteiger partial charge in [0.1, 0.15) is 12.1 Å². The Hall–Kier alpha value is -1.40. The van der Waals surface area contributed by atoms with Crippen LogP contribution < -0.4 is 10.6 Å². The molecule has 1 aromatic heterocycles. The summed E-state index contributed by atoms with van der Waals surface area (Å²) in [7, 11) is 4.23. The van der Waals surface area contributed by atoms with Crippen molar-refractivity contribution in [3.8, 4) is 0 Å². The van der Waals surface area contributed by atoms with Gasteiger partial charge in [0.25, 0.3) is 0 Å². The van der Waals surface area contributed by atoms with Crippen LogP contribution in [0.25, 0.3) is 0 Å². The van der Waals surface area contributed by atoms with Crippen molar-refractivity contribution in [2.75, 3.05) is 39.0 Å². The second-order valence-electron chi connectivity index (χ2n) is 6.60. The first kappa shape index (κ1) is 22.6. The van der Waals surface area contributed by atoms with E-state index in [1.54, 1.807) is 6.33 Å². The molecule has 2 heterocycles. The molecule has 1 aliphatic rings. The highest BCUT2D eigenvalue weighted by atomic mass is 35.5. The number of anilines is 1. The summed E-state index contributed by atoms with van der Waals surface area (Å²) in [6.07, 6.45) is 4.68. The summed E-state index contributed by atoms with van der Waals surface area (Å²) in [4.78, 5) is 11.3. The zero-order valence-corrected chi connectivity index (χ0v) is 17.1. The molecule has 0 radical (unpaired) electrons. The van der Waals surface area contributed by atoms with E-state index in [9.17, 15) is 0 Å². The molecule has 2 aromatic rings. The maximum Gasteiger partial charge on any atom is 0.133 e. The second kappa shape index (κ2) is 11.3. The summed E-state index contributed by atoms with van der Waals surface area (Å²) >= 11 is 0. The Bertz CT molecular complexity index is 652. The third kappa shape index (κ3) is 6.09. The van der Waals surface area contributed by atoms with Gasteiger partial charge < -0.3 is 15.5 Å². The third-order valence-corrected chi connectivity index (χ3v) is 4.50. The van der Waals surface area contributed by atoms with Gasteiger partial charge in [0.2, 0.25) is 0 Å². The lowest BCUT2D eigenvalue weighted by atomic mass is 10.0. The van der Waals surface area contributed by atoms with Gasteiger partial charge in [-0.05, 0) is 45.6 Å². The average molecular weight is 398 g/mol. The average Bonchev–Trinajstić information content (AvgIpc) is 2.85.